The predicted molar refractivity (Wildman–Crippen MR) is 90.4 cm³/mol. The van der Waals surface area contributed by atoms with Crippen molar-refractivity contribution in [2.75, 3.05) is 33.0 Å². The second kappa shape index (κ2) is 6.51. The minimum absolute atomic E-state index is 0.224. The molecule has 0 radical (unpaired) electrons. The lowest BCUT2D eigenvalue weighted by atomic mass is 10.1. The molecule has 2 heterocycles. The minimum Gasteiger partial charge on any atom is -0.454 e. The topological polar surface area (TPSA) is 51.2 Å². The number of ether oxygens (including phenoxy) is 3. The van der Waals surface area contributed by atoms with Gasteiger partial charge in [0.15, 0.2) is 11.5 Å². The van der Waals surface area contributed by atoms with Crippen molar-refractivity contribution in [1.82, 2.24) is 9.80 Å². The Morgan fingerprint density at radius 1 is 1.12 bits per heavy atom. The number of nitrogens with zero attached hydrogens (tertiary/aromatic N) is 2. The van der Waals surface area contributed by atoms with E-state index in [1.165, 1.54) is 5.56 Å². The molecule has 0 saturated carbocycles. The Morgan fingerprint density at radius 3 is 2.46 bits per heavy atom. The van der Waals surface area contributed by atoms with Crippen molar-refractivity contribution in [2.45, 2.75) is 39.3 Å². The van der Waals surface area contributed by atoms with Crippen molar-refractivity contribution < 1.29 is 19.0 Å². The number of piperazine rings is 1. The number of fused-ring (bicyclic) bond motifs is 1. The van der Waals surface area contributed by atoms with Crippen LogP contribution in [0.4, 0.5) is 4.79 Å². The van der Waals surface area contributed by atoms with E-state index < -0.39 is 5.60 Å². The summed E-state index contributed by atoms with van der Waals surface area (Å²) >= 11 is 0. The van der Waals surface area contributed by atoms with Gasteiger partial charge in [0, 0.05) is 32.2 Å². The van der Waals surface area contributed by atoms with Crippen LogP contribution in [-0.2, 0) is 4.74 Å². The molecule has 1 saturated heterocycles. The summed E-state index contributed by atoms with van der Waals surface area (Å²) in [5.74, 6) is 1.62. The van der Waals surface area contributed by atoms with Crippen LogP contribution >= 0.6 is 0 Å². The molecular formula is C18H26N2O4. The lowest BCUT2D eigenvalue weighted by Gasteiger charge is -2.38. The Labute approximate surface area is 143 Å². The molecule has 3 rings (SSSR count). The number of hydrogen-bond acceptors (Lipinski definition) is 5. The SMILES string of the molecule is CC(c1ccc2c(c1)OCO2)N1CCN(C(=O)OC(C)(C)C)CC1. The highest BCUT2D eigenvalue weighted by atomic mass is 16.7. The molecule has 0 spiro atoms. The number of hydrogen-bond donors (Lipinski definition) is 0. The number of rotatable bonds is 2. The lowest BCUT2D eigenvalue weighted by molar-refractivity contribution is 0.0110. The van der Waals surface area contributed by atoms with E-state index in [1.807, 2.05) is 32.9 Å². The number of amides is 1. The standard InChI is InChI=1S/C18H26N2O4/c1-13(14-5-6-15-16(11-14)23-12-22-15)19-7-9-20(10-8-19)17(21)24-18(2,3)4/h5-6,11,13H,7-10,12H2,1-4H3. The van der Waals surface area contributed by atoms with Crippen LogP contribution in [-0.4, -0.2) is 54.5 Å². The zero-order valence-electron chi connectivity index (χ0n) is 14.9. The van der Waals surface area contributed by atoms with Crippen molar-refractivity contribution in [3.05, 3.63) is 23.8 Å². The summed E-state index contributed by atoms with van der Waals surface area (Å²) in [7, 11) is 0. The molecule has 0 N–H and O–H groups in total. The quantitative estimate of drug-likeness (QED) is 0.832. The summed E-state index contributed by atoms with van der Waals surface area (Å²) in [6.07, 6.45) is -0.224. The first-order chi connectivity index (χ1) is 11.3. The third kappa shape index (κ3) is 3.75. The Balaban J connectivity index is 1.57. The van der Waals surface area contributed by atoms with Gasteiger partial charge in [-0.15, -0.1) is 0 Å². The minimum atomic E-state index is -0.450. The average Bonchev–Trinajstić information content (AvgIpc) is 3.00. The van der Waals surface area contributed by atoms with Crippen molar-refractivity contribution in [3.63, 3.8) is 0 Å². The van der Waals surface area contributed by atoms with Gasteiger partial charge in [-0.05, 0) is 45.4 Å². The second-order valence-electron chi connectivity index (χ2n) is 7.29. The van der Waals surface area contributed by atoms with Crippen LogP contribution in [0.3, 0.4) is 0 Å². The monoisotopic (exact) mass is 334 g/mol. The predicted octanol–water partition coefficient (Wildman–Crippen LogP) is 3.03. The van der Waals surface area contributed by atoms with Gasteiger partial charge in [-0.3, -0.25) is 4.90 Å². The summed E-state index contributed by atoms with van der Waals surface area (Å²) < 4.78 is 16.3. The highest BCUT2D eigenvalue weighted by Gasteiger charge is 2.28. The fourth-order valence-electron chi connectivity index (χ4n) is 3.00. The average molecular weight is 334 g/mol. The summed E-state index contributed by atoms with van der Waals surface area (Å²) in [6.45, 7) is 11.2. The molecule has 1 aromatic carbocycles. The van der Waals surface area contributed by atoms with E-state index in [-0.39, 0.29) is 12.1 Å². The van der Waals surface area contributed by atoms with Gasteiger partial charge in [0.25, 0.3) is 0 Å². The molecule has 6 nitrogen and oxygen atoms in total. The van der Waals surface area contributed by atoms with Gasteiger partial charge in [0.2, 0.25) is 6.79 Å². The van der Waals surface area contributed by atoms with E-state index >= 15 is 0 Å². The maximum absolute atomic E-state index is 12.1. The van der Waals surface area contributed by atoms with E-state index in [9.17, 15) is 4.79 Å². The van der Waals surface area contributed by atoms with Gasteiger partial charge >= 0.3 is 6.09 Å². The Kier molecular flexibility index (Phi) is 4.58. The highest BCUT2D eigenvalue weighted by molar-refractivity contribution is 5.68. The van der Waals surface area contributed by atoms with Crippen molar-refractivity contribution in [2.24, 2.45) is 0 Å². The smallest absolute Gasteiger partial charge is 0.410 e. The molecule has 1 fully saturated rings. The van der Waals surface area contributed by atoms with Crippen LogP contribution in [0.15, 0.2) is 18.2 Å². The zero-order chi connectivity index (χ0) is 17.3. The van der Waals surface area contributed by atoms with Crippen LogP contribution in [0.5, 0.6) is 11.5 Å². The fraction of sp³-hybridized carbons (Fsp3) is 0.611. The molecule has 2 aliphatic rings. The summed E-state index contributed by atoms with van der Waals surface area (Å²) in [4.78, 5) is 16.3. The first-order valence-corrected chi connectivity index (χ1v) is 8.45. The van der Waals surface area contributed by atoms with E-state index in [4.69, 9.17) is 14.2 Å². The summed E-state index contributed by atoms with van der Waals surface area (Å²) in [5, 5.41) is 0. The zero-order valence-corrected chi connectivity index (χ0v) is 14.9. The third-order valence-corrected chi connectivity index (χ3v) is 4.39. The molecule has 0 bridgehead atoms. The molecule has 132 valence electrons. The van der Waals surface area contributed by atoms with Gasteiger partial charge in [-0.25, -0.2) is 4.79 Å². The number of carbonyl (C=O) groups is 1. The second-order valence-corrected chi connectivity index (χ2v) is 7.29. The Bertz CT molecular complexity index is 604. The molecule has 0 aliphatic carbocycles. The molecular weight excluding hydrogens is 308 g/mol. The maximum atomic E-state index is 12.1. The first kappa shape index (κ1) is 16.9. The van der Waals surface area contributed by atoms with E-state index in [0.717, 1.165) is 24.6 Å². The molecule has 1 amide bonds. The van der Waals surface area contributed by atoms with Crippen LogP contribution in [0.1, 0.15) is 39.3 Å². The molecule has 24 heavy (non-hydrogen) atoms. The highest BCUT2D eigenvalue weighted by Crippen LogP contribution is 2.35. The van der Waals surface area contributed by atoms with Crippen molar-refractivity contribution >= 4 is 6.09 Å². The first-order valence-electron chi connectivity index (χ1n) is 8.45. The molecule has 2 aliphatic heterocycles. The van der Waals surface area contributed by atoms with Crippen molar-refractivity contribution in [3.8, 4) is 11.5 Å². The van der Waals surface area contributed by atoms with Gasteiger partial charge < -0.3 is 19.1 Å². The molecule has 1 aromatic rings. The molecule has 1 atom stereocenters. The summed E-state index contributed by atoms with van der Waals surface area (Å²) in [5.41, 5.74) is 0.749. The van der Waals surface area contributed by atoms with Crippen LogP contribution in [0, 0.1) is 0 Å². The molecule has 0 aromatic heterocycles. The maximum Gasteiger partial charge on any atom is 0.410 e. The largest absolute Gasteiger partial charge is 0.454 e. The van der Waals surface area contributed by atoms with Crippen LogP contribution in [0.2, 0.25) is 0 Å². The Morgan fingerprint density at radius 2 is 1.79 bits per heavy atom. The Hall–Kier alpha value is -1.95. The molecule has 1 unspecified atom stereocenters. The fourth-order valence-corrected chi connectivity index (χ4v) is 3.00. The normalized spacial score (nSPS) is 19.2. The number of benzene rings is 1. The van der Waals surface area contributed by atoms with Crippen molar-refractivity contribution in [1.29, 1.82) is 0 Å². The van der Waals surface area contributed by atoms with Gasteiger partial charge in [-0.2, -0.15) is 0 Å². The van der Waals surface area contributed by atoms with E-state index in [1.54, 1.807) is 4.90 Å². The van der Waals surface area contributed by atoms with Crippen LogP contribution in [0.25, 0.3) is 0 Å². The number of carbonyl (C=O) groups excluding carboxylic acids is 1. The third-order valence-electron chi connectivity index (χ3n) is 4.39. The molecule has 6 heteroatoms. The lowest BCUT2D eigenvalue weighted by Crippen LogP contribution is -2.50. The van der Waals surface area contributed by atoms with Gasteiger partial charge in [0.05, 0.1) is 0 Å². The van der Waals surface area contributed by atoms with Gasteiger partial charge in [0.1, 0.15) is 5.60 Å². The van der Waals surface area contributed by atoms with E-state index in [2.05, 4.69) is 17.9 Å². The van der Waals surface area contributed by atoms with Crippen LogP contribution < -0.4 is 9.47 Å². The van der Waals surface area contributed by atoms with Gasteiger partial charge in [-0.1, -0.05) is 6.07 Å². The van der Waals surface area contributed by atoms with E-state index in [0.29, 0.717) is 19.9 Å². The summed E-state index contributed by atoms with van der Waals surface area (Å²) in [6, 6.07) is 6.36.